The van der Waals surface area contributed by atoms with Crippen LogP contribution in [-0.4, -0.2) is 82.8 Å². The summed E-state index contributed by atoms with van der Waals surface area (Å²) in [5.74, 6) is 2.41. The fourth-order valence-electron chi connectivity index (χ4n) is 3.14. The molecular weight excluding hydrogens is 469 g/mol. The first kappa shape index (κ1) is 24.8. The van der Waals surface area contributed by atoms with Crippen LogP contribution in [0.5, 0.6) is 11.5 Å². The molecule has 8 heteroatoms. The summed E-state index contributed by atoms with van der Waals surface area (Å²) in [5, 5.41) is 6.76. The SMILES string of the molecule is CCNC(=NCc1ccc(OC)cc1OC)NCCN1CCCN(C)CC1.I. The van der Waals surface area contributed by atoms with Crippen LogP contribution < -0.4 is 20.1 Å². The van der Waals surface area contributed by atoms with E-state index in [0.29, 0.717) is 6.54 Å². The van der Waals surface area contributed by atoms with E-state index in [1.807, 2.05) is 18.2 Å². The van der Waals surface area contributed by atoms with Crippen LogP contribution in [0.4, 0.5) is 0 Å². The van der Waals surface area contributed by atoms with Gasteiger partial charge in [0.05, 0.1) is 20.8 Å². The van der Waals surface area contributed by atoms with Crippen LogP contribution in [0.15, 0.2) is 23.2 Å². The summed E-state index contributed by atoms with van der Waals surface area (Å²) in [6, 6.07) is 5.82. The number of likely N-dealkylation sites (N-methyl/N-ethyl adjacent to an activating group) is 1. The first-order valence-corrected chi connectivity index (χ1v) is 9.80. The number of benzene rings is 1. The van der Waals surface area contributed by atoms with Crippen LogP contribution in [0.2, 0.25) is 0 Å². The predicted octanol–water partition coefficient (Wildman–Crippen LogP) is 2.01. The lowest BCUT2D eigenvalue weighted by Crippen LogP contribution is -2.42. The van der Waals surface area contributed by atoms with Crippen LogP contribution in [-0.2, 0) is 6.54 Å². The molecule has 0 atom stereocenters. The molecule has 1 saturated heterocycles. The number of guanidine groups is 1. The molecule has 1 fully saturated rings. The Morgan fingerprint density at radius 3 is 2.64 bits per heavy atom. The molecule has 0 saturated carbocycles. The number of rotatable bonds is 8. The number of nitrogens with one attached hydrogen (secondary N) is 2. The zero-order chi connectivity index (χ0) is 19.5. The van der Waals surface area contributed by atoms with E-state index < -0.39 is 0 Å². The predicted molar refractivity (Wildman–Crippen MR) is 126 cm³/mol. The van der Waals surface area contributed by atoms with Gasteiger partial charge in [-0.05, 0) is 45.6 Å². The Bertz CT molecular complexity index is 600. The molecule has 2 N–H and O–H groups in total. The van der Waals surface area contributed by atoms with Gasteiger partial charge in [-0.2, -0.15) is 0 Å². The van der Waals surface area contributed by atoms with Crippen molar-refractivity contribution in [1.29, 1.82) is 0 Å². The van der Waals surface area contributed by atoms with Gasteiger partial charge in [-0.1, -0.05) is 0 Å². The van der Waals surface area contributed by atoms with Crippen molar-refractivity contribution in [2.24, 2.45) is 4.99 Å². The van der Waals surface area contributed by atoms with Crippen molar-refractivity contribution in [2.75, 3.05) is 67.1 Å². The van der Waals surface area contributed by atoms with Crippen molar-refractivity contribution in [3.05, 3.63) is 23.8 Å². The zero-order valence-electron chi connectivity index (χ0n) is 17.7. The second-order valence-corrected chi connectivity index (χ2v) is 6.80. The number of halogens is 1. The highest BCUT2D eigenvalue weighted by atomic mass is 127. The summed E-state index contributed by atoms with van der Waals surface area (Å²) in [6.45, 7) is 10.0. The average molecular weight is 505 g/mol. The van der Waals surface area contributed by atoms with Crippen molar-refractivity contribution in [3.63, 3.8) is 0 Å². The lowest BCUT2D eigenvalue weighted by atomic mass is 10.2. The van der Waals surface area contributed by atoms with Gasteiger partial charge in [0.2, 0.25) is 0 Å². The van der Waals surface area contributed by atoms with Gasteiger partial charge < -0.3 is 29.9 Å². The normalized spacial score (nSPS) is 16.1. The van der Waals surface area contributed by atoms with Gasteiger partial charge in [0, 0.05) is 44.4 Å². The maximum atomic E-state index is 5.46. The molecule has 0 unspecified atom stereocenters. The van der Waals surface area contributed by atoms with Gasteiger partial charge >= 0.3 is 0 Å². The van der Waals surface area contributed by atoms with Crippen molar-refractivity contribution >= 4 is 29.9 Å². The van der Waals surface area contributed by atoms with E-state index in [1.54, 1.807) is 14.2 Å². The minimum Gasteiger partial charge on any atom is -0.497 e. The number of ether oxygens (including phenoxy) is 2. The largest absolute Gasteiger partial charge is 0.497 e. The third kappa shape index (κ3) is 8.40. The summed E-state index contributed by atoms with van der Waals surface area (Å²) in [6.07, 6.45) is 1.24. The van der Waals surface area contributed by atoms with Crippen LogP contribution in [0, 0.1) is 0 Å². The molecule has 0 bridgehead atoms. The highest BCUT2D eigenvalue weighted by molar-refractivity contribution is 14.0. The Kier molecular flexibility index (Phi) is 12.2. The Morgan fingerprint density at radius 1 is 1.11 bits per heavy atom. The van der Waals surface area contributed by atoms with Crippen LogP contribution in [0.1, 0.15) is 18.9 Å². The molecule has 2 rings (SSSR count). The van der Waals surface area contributed by atoms with E-state index in [-0.39, 0.29) is 24.0 Å². The molecule has 0 radical (unpaired) electrons. The van der Waals surface area contributed by atoms with E-state index in [2.05, 4.69) is 34.4 Å². The summed E-state index contributed by atoms with van der Waals surface area (Å²) in [7, 11) is 5.53. The van der Waals surface area contributed by atoms with Crippen LogP contribution in [0.25, 0.3) is 0 Å². The molecule has 28 heavy (non-hydrogen) atoms. The zero-order valence-corrected chi connectivity index (χ0v) is 20.0. The highest BCUT2D eigenvalue weighted by Gasteiger charge is 2.11. The number of aliphatic imine (C=N–C) groups is 1. The first-order valence-electron chi connectivity index (χ1n) is 9.80. The minimum absolute atomic E-state index is 0. The molecule has 0 aliphatic carbocycles. The van der Waals surface area contributed by atoms with Crippen LogP contribution in [0.3, 0.4) is 0 Å². The second kappa shape index (κ2) is 13.8. The Balaban J connectivity index is 0.00000392. The summed E-state index contributed by atoms with van der Waals surface area (Å²) >= 11 is 0. The number of hydrogen-bond acceptors (Lipinski definition) is 5. The van der Waals surface area contributed by atoms with E-state index >= 15 is 0 Å². The summed E-state index contributed by atoms with van der Waals surface area (Å²) in [5.41, 5.74) is 1.03. The first-order chi connectivity index (χ1) is 13.2. The highest BCUT2D eigenvalue weighted by Crippen LogP contribution is 2.25. The van der Waals surface area contributed by atoms with E-state index in [4.69, 9.17) is 14.5 Å². The minimum atomic E-state index is 0. The molecule has 7 nitrogen and oxygen atoms in total. The third-order valence-corrected chi connectivity index (χ3v) is 4.78. The standard InChI is InChI=1S/C20H35N5O2.HI/c1-5-21-20(22-9-12-25-11-6-10-24(2)13-14-25)23-16-17-7-8-18(26-3)15-19(17)27-4;/h7-8,15H,5-6,9-14,16H2,1-4H3,(H2,21,22,23);1H. The van der Waals surface area contributed by atoms with Crippen molar-refractivity contribution in [1.82, 2.24) is 20.4 Å². The van der Waals surface area contributed by atoms with Gasteiger partial charge in [-0.3, -0.25) is 0 Å². The topological polar surface area (TPSA) is 61.4 Å². The fourth-order valence-corrected chi connectivity index (χ4v) is 3.14. The van der Waals surface area contributed by atoms with Gasteiger partial charge in [0.25, 0.3) is 0 Å². The third-order valence-electron chi connectivity index (χ3n) is 4.78. The van der Waals surface area contributed by atoms with Crippen molar-refractivity contribution in [2.45, 2.75) is 19.9 Å². The Morgan fingerprint density at radius 2 is 1.93 bits per heavy atom. The van der Waals surface area contributed by atoms with Gasteiger partial charge in [-0.15, -0.1) is 24.0 Å². The number of hydrogen-bond donors (Lipinski definition) is 2. The smallest absolute Gasteiger partial charge is 0.191 e. The van der Waals surface area contributed by atoms with Gasteiger partial charge in [0.15, 0.2) is 5.96 Å². The summed E-state index contributed by atoms with van der Waals surface area (Å²) in [4.78, 5) is 9.63. The van der Waals surface area contributed by atoms with Crippen molar-refractivity contribution < 1.29 is 9.47 Å². The lowest BCUT2D eigenvalue weighted by molar-refractivity contribution is 0.280. The quantitative estimate of drug-likeness (QED) is 0.321. The Labute approximate surface area is 186 Å². The van der Waals surface area contributed by atoms with E-state index in [1.165, 1.54) is 19.5 Å². The molecule has 1 aromatic carbocycles. The maximum Gasteiger partial charge on any atom is 0.191 e. The van der Waals surface area contributed by atoms with E-state index in [0.717, 1.165) is 55.7 Å². The fraction of sp³-hybridized carbons (Fsp3) is 0.650. The molecule has 0 spiro atoms. The Hall–Kier alpha value is -1.26. The van der Waals surface area contributed by atoms with Crippen molar-refractivity contribution in [3.8, 4) is 11.5 Å². The number of methoxy groups -OCH3 is 2. The molecule has 1 aliphatic heterocycles. The monoisotopic (exact) mass is 505 g/mol. The molecular formula is C20H36IN5O2. The summed E-state index contributed by atoms with van der Waals surface area (Å²) < 4.78 is 10.7. The number of nitrogens with zero attached hydrogens (tertiary/aromatic N) is 3. The molecule has 1 aromatic rings. The lowest BCUT2D eigenvalue weighted by Gasteiger charge is -2.21. The van der Waals surface area contributed by atoms with Crippen LogP contribution >= 0.6 is 24.0 Å². The second-order valence-electron chi connectivity index (χ2n) is 6.80. The average Bonchev–Trinajstić information content (AvgIpc) is 2.90. The van der Waals surface area contributed by atoms with Gasteiger partial charge in [-0.25, -0.2) is 4.99 Å². The molecule has 1 heterocycles. The molecule has 0 amide bonds. The molecule has 1 aliphatic rings. The molecule has 160 valence electrons. The van der Waals surface area contributed by atoms with Gasteiger partial charge in [0.1, 0.15) is 11.5 Å². The molecule has 0 aromatic heterocycles. The maximum absolute atomic E-state index is 5.46. The van der Waals surface area contributed by atoms with E-state index in [9.17, 15) is 0 Å².